The summed E-state index contributed by atoms with van der Waals surface area (Å²) < 4.78 is 13.1. The van der Waals surface area contributed by atoms with Gasteiger partial charge in [0.15, 0.2) is 17.2 Å². The topological polar surface area (TPSA) is 198 Å². The monoisotopic (exact) mass is 881 g/mol. The Morgan fingerprint density at radius 2 is 1.83 bits per heavy atom. The maximum absolute atomic E-state index is 15.6. The van der Waals surface area contributed by atoms with Crippen molar-refractivity contribution in [3.8, 4) is 0 Å². The number of quaternary nitrogens is 4. The number of ether oxygens (including phenoxy) is 2. The lowest BCUT2D eigenvalue weighted by Gasteiger charge is -2.45. The molecule has 12 heteroatoms. The zero-order valence-corrected chi connectivity index (χ0v) is 39.6. The Morgan fingerprint density at radius 1 is 0.984 bits per heavy atom. The highest BCUT2D eigenvalue weighted by Gasteiger charge is 2.87. The van der Waals surface area contributed by atoms with E-state index in [4.69, 9.17) is 15.2 Å². The predicted molar refractivity (Wildman–Crippen MR) is 241 cm³/mol. The van der Waals surface area contributed by atoms with Crippen LogP contribution in [0.1, 0.15) is 143 Å². The number of ketones is 2. The summed E-state index contributed by atoms with van der Waals surface area (Å²) in [7, 11) is 2.08. The number of rotatable bonds is 13. The van der Waals surface area contributed by atoms with E-state index in [1.807, 2.05) is 0 Å². The number of allylic oxidation sites excluding steroid dienone is 3. The molecule has 15 atom stereocenters. The number of fused-ring (bicyclic) bond motifs is 1. The molecule has 0 aromatic heterocycles. The van der Waals surface area contributed by atoms with E-state index in [1.165, 1.54) is 19.3 Å². The van der Waals surface area contributed by atoms with Gasteiger partial charge in [-0.05, 0) is 131 Å². The Labute approximate surface area is 378 Å². The van der Waals surface area contributed by atoms with Gasteiger partial charge in [0.2, 0.25) is 0 Å². The normalized spacial score (nSPS) is 43.6. The maximum atomic E-state index is 15.6. The Morgan fingerprint density at radius 3 is 2.60 bits per heavy atom. The molecule has 4 bridgehead atoms. The number of nitrogens with two attached hydrogens (primary N) is 5. The highest BCUT2D eigenvalue weighted by Crippen LogP contribution is 2.64. The number of aliphatic hydroxyl groups excluding tert-OH is 1. The lowest BCUT2D eigenvalue weighted by atomic mass is 9.55. The van der Waals surface area contributed by atoms with E-state index >= 15 is 14.4 Å². The quantitative estimate of drug-likeness (QED) is 0.0476. The molecule has 3 saturated carbocycles. The molecule has 0 aromatic rings. The predicted octanol–water partition coefficient (Wildman–Crippen LogP) is 1.53. The number of hydrogen-bond donors (Lipinski definition) is 7. The van der Waals surface area contributed by atoms with Gasteiger partial charge < -0.3 is 35.8 Å². The Bertz CT molecular complexity index is 1680. The number of piperidine rings is 2. The van der Waals surface area contributed by atoms with Crippen LogP contribution in [0.25, 0.3) is 0 Å². The molecular formula is C51H88N6O6+4. The summed E-state index contributed by atoms with van der Waals surface area (Å²) in [4.78, 5) is 46.1. The summed E-state index contributed by atoms with van der Waals surface area (Å²) in [6, 6.07) is 0.324. The second-order valence-corrected chi connectivity index (χ2v) is 22.7. The third-order valence-electron chi connectivity index (χ3n) is 18.4. The number of nitrogens with one attached hydrogen (secondary N) is 1. The minimum Gasteiger partial charge on any atom is -0.463 e. The Kier molecular flexibility index (Phi) is 15.4. The molecule has 0 radical (unpaired) electrons. The van der Waals surface area contributed by atoms with Gasteiger partial charge in [0.25, 0.3) is 5.60 Å². The van der Waals surface area contributed by atoms with Crippen molar-refractivity contribution in [3.63, 3.8) is 0 Å². The number of aliphatic hydroxyl groups is 1. The largest absolute Gasteiger partial charge is 0.463 e. The fraction of sp³-hybridized carbons (Fsp3) is 0.863. The molecular weight excluding hydrogens is 793 g/mol. The summed E-state index contributed by atoms with van der Waals surface area (Å²) in [5.74, 6) is 1.05. The third kappa shape index (κ3) is 9.86. The van der Waals surface area contributed by atoms with Gasteiger partial charge in [-0.3, -0.25) is 15.3 Å². The number of cyclic esters (lactones) is 1. The summed E-state index contributed by atoms with van der Waals surface area (Å²) in [6.07, 6.45) is 24.1. The van der Waals surface area contributed by atoms with Gasteiger partial charge in [0.1, 0.15) is 19.0 Å². The van der Waals surface area contributed by atoms with Crippen molar-refractivity contribution >= 4 is 17.5 Å². The summed E-state index contributed by atoms with van der Waals surface area (Å²) in [5, 5.41) is 23.9. The minimum atomic E-state index is -1.95. The molecule has 12 nitrogen and oxygen atoms in total. The SMILES string of the molecule is CC[NH2+][C@H]1C[C@@H]2C=CC[C@H]3CCCC[C@](C)(CC4CCC(N)[NH2+]C4)CC4CCCC5C(=O)[C@]6(CC(CO)=C(C)CCC7CC[NH2+]C(NC[NH2+]C)C7)O[C@]6(C(=O)OC[C@H]1C[C@H]32)C(=O)C45. The van der Waals surface area contributed by atoms with Crippen molar-refractivity contribution in [2.24, 2.45) is 64.4 Å². The number of epoxide rings is 1. The average Bonchev–Trinajstić information content (AvgIpc) is 3.99. The standard InChI is InChI=1S/C51H84N6O6/c1-5-54-42-24-36-12-8-11-35-10-6-7-20-49(3,25-34-17-18-43(52)56-28-34)26-37-13-9-14-40-45(37)47(60)51(48(61)62-30-38(42)23-41(35)36)50(63-51,46(40)59)27-39(29-58)32(2)15-16-33-19-21-55-44(22-33)57-31-53-4/h8,12,33-38,40-45,53-58H,5-7,9-11,13-31,52H2,1-4H3/p+4/t33?,34?,35-,36+,37?,38-,40?,41-,42+,43?,44?,45?,49-,50+,51+/m1/s1. The first-order valence-electron chi connectivity index (χ1n) is 26.1. The molecule has 8 rings (SSSR count). The molecule has 7 fully saturated rings. The van der Waals surface area contributed by atoms with Gasteiger partial charge in [-0.2, -0.15) is 0 Å². The third-order valence-corrected chi connectivity index (χ3v) is 18.4. The van der Waals surface area contributed by atoms with Crippen LogP contribution in [0.2, 0.25) is 0 Å². The van der Waals surface area contributed by atoms with E-state index in [9.17, 15) is 5.11 Å². The smallest absolute Gasteiger partial charge is 0.350 e. The average molecular weight is 881 g/mol. The second kappa shape index (κ2) is 20.5. The van der Waals surface area contributed by atoms with Crippen molar-refractivity contribution < 1.29 is 50.2 Å². The second-order valence-electron chi connectivity index (χ2n) is 22.7. The van der Waals surface area contributed by atoms with Gasteiger partial charge >= 0.3 is 5.97 Å². The van der Waals surface area contributed by atoms with Gasteiger partial charge in [-0.1, -0.05) is 43.9 Å². The van der Waals surface area contributed by atoms with E-state index < -0.39 is 29.0 Å². The first-order valence-corrected chi connectivity index (χ1v) is 26.1. The van der Waals surface area contributed by atoms with Crippen LogP contribution in [0.15, 0.2) is 23.3 Å². The molecule has 0 amide bonds. The highest BCUT2D eigenvalue weighted by molar-refractivity contribution is 6.23. The van der Waals surface area contributed by atoms with Crippen LogP contribution < -0.4 is 32.3 Å². The number of hydrogen-bond acceptors (Lipinski definition) is 8. The number of Topliss-reactive ketones (excluding diaryl/α,β-unsaturated/α-hetero) is 2. The van der Waals surface area contributed by atoms with E-state index in [-0.39, 0.29) is 54.6 Å². The van der Waals surface area contributed by atoms with Crippen molar-refractivity contribution in [2.75, 3.05) is 46.6 Å². The van der Waals surface area contributed by atoms with Crippen LogP contribution in [-0.4, -0.2) is 98.8 Å². The molecule has 4 aliphatic carbocycles. The number of carbonyl (C=O) groups is 3. The molecule has 4 aliphatic heterocycles. The fourth-order valence-electron chi connectivity index (χ4n) is 15.0. The van der Waals surface area contributed by atoms with Crippen LogP contribution in [0.3, 0.4) is 0 Å². The Hall–Kier alpha value is -2.03. The molecule has 0 aromatic carbocycles. The summed E-state index contributed by atoms with van der Waals surface area (Å²) >= 11 is 0. The molecule has 8 aliphatic rings. The zero-order chi connectivity index (χ0) is 44.4. The van der Waals surface area contributed by atoms with E-state index in [2.05, 4.69) is 66.6 Å². The van der Waals surface area contributed by atoms with Gasteiger partial charge in [-0.15, -0.1) is 0 Å². The van der Waals surface area contributed by atoms with E-state index in [0.717, 1.165) is 127 Å². The van der Waals surface area contributed by atoms with Crippen LogP contribution in [0, 0.1) is 58.7 Å². The molecule has 4 heterocycles. The van der Waals surface area contributed by atoms with Crippen LogP contribution >= 0.6 is 0 Å². The molecule has 12 N–H and O–H groups in total. The van der Waals surface area contributed by atoms with Crippen molar-refractivity contribution in [1.82, 2.24) is 5.32 Å². The maximum Gasteiger partial charge on any atom is 0.350 e. The molecule has 1 spiro atoms. The zero-order valence-electron chi connectivity index (χ0n) is 39.6. The van der Waals surface area contributed by atoms with Crippen LogP contribution in [0.5, 0.6) is 0 Å². The van der Waals surface area contributed by atoms with E-state index in [1.54, 1.807) is 0 Å². The fourth-order valence-corrected chi connectivity index (χ4v) is 15.0. The van der Waals surface area contributed by atoms with Crippen molar-refractivity contribution in [3.05, 3.63) is 23.3 Å². The first-order chi connectivity index (χ1) is 30.4. The van der Waals surface area contributed by atoms with Crippen LogP contribution in [0.4, 0.5) is 0 Å². The van der Waals surface area contributed by atoms with Gasteiger partial charge in [0.05, 0.1) is 45.9 Å². The Balaban J connectivity index is 1.10. The summed E-state index contributed by atoms with van der Waals surface area (Å²) in [5.41, 5.74) is 4.56. The lowest BCUT2D eigenvalue weighted by molar-refractivity contribution is -0.716. The van der Waals surface area contributed by atoms with Crippen LogP contribution in [-0.2, 0) is 23.9 Å². The molecule has 4 saturated heterocycles. The number of carbonyl (C=O) groups excluding carboxylic acids is 3. The minimum absolute atomic E-state index is 0.00503. The van der Waals surface area contributed by atoms with Crippen molar-refractivity contribution in [2.45, 2.75) is 172 Å². The van der Waals surface area contributed by atoms with Gasteiger partial charge in [0, 0.05) is 49.4 Å². The van der Waals surface area contributed by atoms with Crippen molar-refractivity contribution in [1.29, 1.82) is 0 Å². The number of esters is 1. The molecule has 63 heavy (non-hydrogen) atoms. The molecule has 7 unspecified atom stereocenters. The lowest BCUT2D eigenvalue weighted by Crippen LogP contribution is -2.97. The molecule has 354 valence electrons. The highest BCUT2D eigenvalue weighted by atomic mass is 16.7. The van der Waals surface area contributed by atoms with Gasteiger partial charge in [-0.25, -0.2) is 10.1 Å². The van der Waals surface area contributed by atoms with E-state index in [0.29, 0.717) is 48.2 Å². The summed E-state index contributed by atoms with van der Waals surface area (Å²) in [6.45, 7) is 10.7. The first kappa shape index (κ1) is 47.5.